The number of thioether (sulfide) groups is 1. The van der Waals surface area contributed by atoms with Gasteiger partial charge in [-0.15, -0.1) is 11.3 Å². The van der Waals surface area contributed by atoms with Crippen LogP contribution >= 0.6 is 23.1 Å². The molecule has 1 aliphatic rings. The first-order valence-corrected chi connectivity index (χ1v) is 9.49. The number of aromatic nitrogens is 1. The number of para-hydroxylation sites is 1. The van der Waals surface area contributed by atoms with Crippen molar-refractivity contribution < 1.29 is 0 Å². The lowest BCUT2D eigenvalue weighted by Crippen LogP contribution is -2.38. The first kappa shape index (κ1) is 14.4. The quantitative estimate of drug-likeness (QED) is 0.874. The van der Waals surface area contributed by atoms with E-state index in [0.29, 0.717) is 6.04 Å². The van der Waals surface area contributed by atoms with Gasteiger partial charge in [-0.1, -0.05) is 19.1 Å². The van der Waals surface area contributed by atoms with Gasteiger partial charge in [0.15, 0.2) is 0 Å². The molecule has 0 aliphatic carbocycles. The molecule has 0 amide bonds. The summed E-state index contributed by atoms with van der Waals surface area (Å²) >= 11 is 3.96. The molecule has 4 heteroatoms. The molecule has 1 saturated heterocycles. The van der Waals surface area contributed by atoms with E-state index in [0.717, 1.165) is 24.4 Å². The number of rotatable bonds is 6. The Morgan fingerprint density at radius 2 is 2.30 bits per heavy atom. The lowest BCUT2D eigenvalue weighted by molar-refractivity contribution is 0.380. The van der Waals surface area contributed by atoms with E-state index in [1.165, 1.54) is 34.1 Å². The van der Waals surface area contributed by atoms with Crippen LogP contribution in [0.5, 0.6) is 0 Å². The molecule has 2 aromatic rings. The highest BCUT2D eigenvalue weighted by molar-refractivity contribution is 7.99. The summed E-state index contributed by atoms with van der Waals surface area (Å²) in [6, 6.07) is 9.08. The summed E-state index contributed by atoms with van der Waals surface area (Å²) in [4.78, 5) is 4.80. The summed E-state index contributed by atoms with van der Waals surface area (Å²) < 4.78 is 1.32. The van der Waals surface area contributed by atoms with Crippen LogP contribution in [-0.2, 0) is 6.42 Å². The molecule has 3 rings (SSSR count). The molecule has 1 aliphatic heterocycles. The van der Waals surface area contributed by atoms with Crippen molar-refractivity contribution in [1.82, 2.24) is 10.3 Å². The van der Waals surface area contributed by atoms with Crippen molar-refractivity contribution in [2.45, 2.75) is 32.2 Å². The van der Waals surface area contributed by atoms with E-state index in [2.05, 4.69) is 48.3 Å². The predicted octanol–water partition coefficient (Wildman–Crippen LogP) is 3.96. The summed E-state index contributed by atoms with van der Waals surface area (Å²) in [5, 5.41) is 5.05. The fourth-order valence-corrected chi connectivity index (χ4v) is 5.16. The van der Waals surface area contributed by atoms with Crippen LogP contribution in [0.2, 0.25) is 0 Å². The van der Waals surface area contributed by atoms with Gasteiger partial charge in [0, 0.05) is 12.5 Å². The molecule has 2 atom stereocenters. The maximum absolute atomic E-state index is 4.80. The number of hydrogen-bond donors (Lipinski definition) is 1. The maximum Gasteiger partial charge on any atom is 0.0954 e. The zero-order chi connectivity index (χ0) is 13.8. The molecule has 108 valence electrons. The molecule has 1 aromatic heterocycles. The molecule has 20 heavy (non-hydrogen) atoms. The summed E-state index contributed by atoms with van der Waals surface area (Å²) in [7, 11) is 0. The molecular weight excluding hydrogens is 284 g/mol. The summed E-state index contributed by atoms with van der Waals surface area (Å²) in [5.41, 5.74) is 1.16. The van der Waals surface area contributed by atoms with E-state index in [9.17, 15) is 0 Å². The Hall–Kier alpha value is -0.580. The molecule has 0 radical (unpaired) electrons. The number of benzene rings is 1. The number of nitrogens with zero attached hydrogens (tertiary/aromatic N) is 1. The van der Waals surface area contributed by atoms with E-state index in [-0.39, 0.29) is 0 Å². The second-order valence-corrected chi connectivity index (χ2v) is 7.73. The first-order chi connectivity index (χ1) is 9.86. The van der Waals surface area contributed by atoms with Crippen LogP contribution in [0.1, 0.15) is 24.8 Å². The zero-order valence-electron chi connectivity index (χ0n) is 12.0. The Morgan fingerprint density at radius 1 is 1.40 bits per heavy atom. The van der Waals surface area contributed by atoms with Gasteiger partial charge in [0.1, 0.15) is 0 Å². The summed E-state index contributed by atoms with van der Waals surface area (Å²) in [6.07, 6.45) is 3.65. The monoisotopic (exact) mass is 306 g/mol. The van der Waals surface area contributed by atoms with Gasteiger partial charge in [-0.05, 0) is 48.9 Å². The first-order valence-electron chi connectivity index (χ1n) is 7.52. The minimum Gasteiger partial charge on any atom is -0.313 e. The molecule has 2 unspecified atom stereocenters. The van der Waals surface area contributed by atoms with Gasteiger partial charge in [0.2, 0.25) is 0 Å². The molecule has 1 N–H and O–H groups in total. The normalized spacial score (nSPS) is 20.6. The van der Waals surface area contributed by atoms with Gasteiger partial charge in [0.05, 0.1) is 15.2 Å². The maximum atomic E-state index is 4.80. The van der Waals surface area contributed by atoms with Crippen LogP contribution in [0.4, 0.5) is 0 Å². The molecule has 2 heterocycles. The highest BCUT2D eigenvalue weighted by Crippen LogP contribution is 2.29. The molecule has 1 aromatic carbocycles. The highest BCUT2D eigenvalue weighted by Gasteiger charge is 2.26. The van der Waals surface area contributed by atoms with Gasteiger partial charge < -0.3 is 5.32 Å². The van der Waals surface area contributed by atoms with E-state index in [4.69, 9.17) is 4.98 Å². The average molecular weight is 307 g/mol. The molecule has 0 saturated carbocycles. The van der Waals surface area contributed by atoms with Crippen LogP contribution < -0.4 is 5.32 Å². The van der Waals surface area contributed by atoms with Crippen LogP contribution in [0.3, 0.4) is 0 Å². The Bertz CT molecular complexity index is 513. The third-order valence-corrected chi connectivity index (χ3v) is 6.17. The Kier molecular flexibility index (Phi) is 4.97. The topological polar surface area (TPSA) is 24.9 Å². The van der Waals surface area contributed by atoms with Crippen molar-refractivity contribution >= 4 is 33.3 Å². The number of fused-ring (bicyclic) bond motifs is 1. The molecule has 0 spiro atoms. The van der Waals surface area contributed by atoms with Gasteiger partial charge >= 0.3 is 0 Å². The van der Waals surface area contributed by atoms with Crippen molar-refractivity contribution in [2.75, 3.05) is 18.1 Å². The van der Waals surface area contributed by atoms with E-state index >= 15 is 0 Å². The van der Waals surface area contributed by atoms with E-state index in [1.54, 1.807) is 0 Å². The van der Waals surface area contributed by atoms with Crippen LogP contribution in [0, 0.1) is 5.92 Å². The second kappa shape index (κ2) is 6.92. The summed E-state index contributed by atoms with van der Waals surface area (Å²) in [6.45, 7) is 3.36. The van der Waals surface area contributed by atoms with Crippen molar-refractivity contribution in [1.29, 1.82) is 0 Å². The third kappa shape index (κ3) is 3.35. The highest BCUT2D eigenvalue weighted by atomic mass is 32.2. The van der Waals surface area contributed by atoms with Gasteiger partial charge in [-0.25, -0.2) is 4.98 Å². The Morgan fingerprint density at radius 3 is 3.05 bits per heavy atom. The number of thiazole rings is 1. The van der Waals surface area contributed by atoms with Gasteiger partial charge in [-0.2, -0.15) is 11.8 Å². The minimum absolute atomic E-state index is 0.602. The zero-order valence-corrected chi connectivity index (χ0v) is 13.6. The van der Waals surface area contributed by atoms with Crippen LogP contribution in [0.25, 0.3) is 10.2 Å². The van der Waals surface area contributed by atoms with Crippen molar-refractivity contribution in [2.24, 2.45) is 5.92 Å². The standard InChI is InChI=1S/C16H22N2S2/c1-2-8-17-14(12-7-9-19-11-12)10-16-18-13-5-3-4-6-15(13)20-16/h3-6,12,14,17H,2,7-11H2,1H3. The SMILES string of the molecule is CCCNC(Cc1nc2ccccc2s1)C1CCSC1. The fraction of sp³-hybridized carbons (Fsp3) is 0.562. The van der Waals surface area contributed by atoms with Gasteiger partial charge in [-0.3, -0.25) is 0 Å². The van der Waals surface area contributed by atoms with E-state index in [1.807, 2.05) is 11.3 Å². The lowest BCUT2D eigenvalue weighted by Gasteiger charge is -2.23. The third-order valence-electron chi connectivity index (χ3n) is 3.92. The molecular formula is C16H22N2S2. The lowest BCUT2D eigenvalue weighted by atomic mass is 9.96. The molecule has 1 fully saturated rings. The average Bonchev–Trinajstić information content (AvgIpc) is 3.11. The second-order valence-electron chi connectivity index (χ2n) is 5.46. The van der Waals surface area contributed by atoms with Gasteiger partial charge in [0.25, 0.3) is 0 Å². The molecule has 2 nitrogen and oxygen atoms in total. The fourth-order valence-electron chi connectivity index (χ4n) is 2.80. The number of nitrogens with one attached hydrogen (secondary N) is 1. The summed E-state index contributed by atoms with van der Waals surface area (Å²) in [5.74, 6) is 3.46. The largest absolute Gasteiger partial charge is 0.313 e. The predicted molar refractivity (Wildman–Crippen MR) is 90.8 cm³/mol. The van der Waals surface area contributed by atoms with Crippen molar-refractivity contribution in [3.63, 3.8) is 0 Å². The Balaban J connectivity index is 1.73. The minimum atomic E-state index is 0.602. The number of hydrogen-bond acceptors (Lipinski definition) is 4. The van der Waals surface area contributed by atoms with Crippen LogP contribution in [-0.4, -0.2) is 29.1 Å². The Labute approximate surface area is 129 Å². The van der Waals surface area contributed by atoms with Crippen molar-refractivity contribution in [3.8, 4) is 0 Å². The molecule has 0 bridgehead atoms. The van der Waals surface area contributed by atoms with Crippen molar-refractivity contribution in [3.05, 3.63) is 29.3 Å². The van der Waals surface area contributed by atoms with E-state index < -0.39 is 0 Å². The smallest absolute Gasteiger partial charge is 0.0954 e. The van der Waals surface area contributed by atoms with Crippen LogP contribution in [0.15, 0.2) is 24.3 Å².